The Bertz CT molecular complexity index is 521. The van der Waals surface area contributed by atoms with Gasteiger partial charge in [0.05, 0.1) is 6.61 Å². The SMILES string of the molecule is NC(CO)C(=O)NCc1c[nH]c2ccccc12. The van der Waals surface area contributed by atoms with E-state index >= 15 is 0 Å². The summed E-state index contributed by atoms with van der Waals surface area (Å²) < 4.78 is 0. The van der Waals surface area contributed by atoms with Crippen LogP contribution in [0.3, 0.4) is 0 Å². The predicted molar refractivity (Wildman–Crippen MR) is 65.2 cm³/mol. The molecule has 0 bridgehead atoms. The summed E-state index contributed by atoms with van der Waals surface area (Å²) in [6.45, 7) is 0.0518. The van der Waals surface area contributed by atoms with Crippen molar-refractivity contribution in [2.75, 3.05) is 6.61 Å². The van der Waals surface area contributed by atoms with Crippen molar-refractivity contribution in [3.8, 4) is 0 Å². The lowest BCUT2D eigenvalue weighted by atomic mass is 10.2. The van der Waals surface area contributed by atoms with Crippen molar-refractivity contribution in [1.82, 2.24) is 10.3 Å². The molecule has 1 heterocycles. The number of nitrogens with two attached hydrogens (primary N) is 1. The Morgan fingerprint density at radius 2 is 2.24 bits per heavy atom. The minimum absolute atomic E-state index is 0.348. The van der Waals surface area contributed by atoms with Crippen LogP contribution in [-0.2, 0) is 11.3 Å². The van der Waals surface area contributed by atoms with Gasteiger partial charge in [0, 0.05) is 23.6 Å². The van der Waals surface area contributed by atoms with Gasteiger partial charge in [-0.1, -0.05) is 18.2 Å². The number of fused-ring (bicyclic) bond motifs is 1. The van der Waals surface area contributed by atoms with E-state index < -0.39 is 6.04 Å². The Morgan fingerprint density at radius 3 is 3.00 bits per heavy atom. The van der Waals surface area contributed by atoms with Crippen molar-refractivity contribution in [3.63, 3.8) is 0 Å². The molecule has 0 aliphatic rings. The van der Waals surface area contributed by atoms with E-state index in [2.05, 4.69) is 10.3 Å². The van der Waals surface area contributed by atoms with Crippen molar-refractivity contribution in [3.05, 3.63) is 36.0 Å². The highest BCUT2D eigenvalue weighted by Gasteiger charge is 2.12. The maximum atomic E-state index is 11.4. The van der Waals surface area contributed by atoms with Crippen LogP contribution in [0.5, 0.6) is 0 Å². The molecule has 0 spiro atoms. The van der Waals surface area contributed by atoms with Gasteiger partial charge in [-0.05, 0) is 11.6 Å². The number of aromatic nitrogens is 1. The third-order valence-corrected chi connectivity index (χ3v) is 2.66. The molecular formula is C12H15N3O2. The van der Waals surface area contributed by atoms with Gasteiger partial charge in [-0.25, -0.2) is 0 Å². The van der Waals surface area contributed by atoms with E-state index in [1.165, 1.54) is 0 Å². The van der Waals surface area contributed by atoms with Crippen LogP contribution in [-0.4, -0.2) is 28.6 Å². The molecule has 1 aromatic heterocycles. The molecule has 90 valence electrons. The molecule has 17 heavy (non-hydrogen) atoms. The molecule has 5 heteroatoms. The van der Waals surface area contributed by atoms with Crippen LogP contribution >= 0.6 is 0 Å². The third kappa shape index (κ3) is 2.46. The summed E-state index contributed by atoms with van der Waals surface area (Å²) in [7, 11) is 0. The van der Waals surface area contributed by atoms with Crippen LogP contribution in [0.25, 0.3) is 10.9 Å². The summed E-state index contributed by atoms with van der Waals surface area (Å²) in [5.41, 5.74) is 7.43. The average Bonchev–Trinajstić information content (AvgIpc) is 2.78. The van der Waals surface area contributed by atoms with Crippen LogP contribution in [0.1, 0.15) is 5.56 Å². The monoisotopic (exact) mass is 233 g/mol. The molecule has 0 saturated heterocycles. The first-order valence-corrected chi connectivity index (χ1v) is 5.41. The molecule has 5 nitrogen and oxygen atoms in total. The molecule has 1 aromatic carbocycles. The van der Waals surface area contributed by atoms with E-state index in [9.17, 15) is 4.79 Å². The van der Waals surface area contributed by atoms with Gasteiger partial charge in [0.2, 0.25) is 5.91 Å². The zero-order valence-electron chi connectivity index (χ0n) is 9.31. The largest absolute Gasteiger partial charge is 0.394 e. The number of rotatable bonds is 4. The van der Waals surface area contributed by atoms with Crippen LogP contribution in [0, 0.1) is 0 Å². The molecule has 0 aliphatic heterocycles. The fourth-order valence-electron chi connectivity index (χ4n) is 1.67. The standard InChI is InChI=1S/C12H15N3O2/c13-10(7-16)12(17)15-6-8-5-14-11-4-2-1-3-9(8)11/h1-5,10,14,16H,6-7,13H2,(H,15,17). The highest BCUT2D eigenvalue weighted by atomic mass is 16.3. The van der Waals surface area contributed by atoms with Crippen LogP contribution in [0.15, 0.2) is 30.5 Å². The normalized spacial score (nSPS) is 12.6. The van der Waals surface area contributed by atoms with E-state index in [0.717, 1.165) is 16.5 Å². The van der Waals surface area contributed by atoms with Gasteiger partial charge in [0.25, 0.3) is 0 Å². The van der Waals surface area contributed by atoms with Crippen molar-refractivity contribution >= 4 is 16.8 Å². The fraction of sp³-hybridized carbons (Fsp3) is 0.250. The number of nitrogens with one attached hydrogen (secondary N) is 2. The van der Waals surface area contributed by atoms with E-state index in [0.29, 0.717) is 6.54 Å². The quantitative estimate of drug-likeness (QED) is 0.603. The third-order valence-electron chi connectivity index (χ3n) is 2.66. The lowest BCUT2D eigenvalue weighted by molar-refractivity contribution is -0.123. The number of benzene rings is 1. The Hall–Kier alpha value is -1.85. The maximum absolute atomic E-state index is 11.4. The van der Waals surface area contributed by atoms with Gasteiger partial charge in [0.1, 0.15) is 6.04 Å². The van der Waals surface area contributed by atoms with Gasteiger partial charge in [-0.15, -0.1) is 0 Å². The molecule has 2 rings (SSSR count). The van der Waals surface area contributed by atoms with Gasteiger partial charge in [-0.2, -0.15) is 0 Å². The number of amides is 1. The van der Waals surface area contributed by atoms with Crippen LogP contribution in [0.2, 0.25) is 0 Å². The van der Waals surface area contributed by atoms with Crippen molar-refractivity contribution in [2.24, 2.45) is 5.73 Å². The zero-order valence-corrected chi connectivity index (χ0v) is 9.31. The van der Waals surface area contributed by atoms with Crippen LogP contribution in [0.4, 0.5) is 0 Å². The number of hydrogen-bond acceptors (Lipinski definition) is 3. The first-order chi connectivity index (χ1) is 8.22. The van der Waals surface area contributed by atoms with Crippen molar-refractivity contribution < 1.29 is 9.90 Å². The molecule has 1 amide bonds. The topological polar surface area (TPSA) is 91.1 Å². The van der Waals surface area contributed by atoms with E-state index in [1.54, 1.807) is 0 Å². The molecule has 0 saturated carbocycles. The van der Waals surface area contributed by atoms with Crippen molar-refractivity contribution in [2.45, 2.75) is 12.6 Å². The van der Waals surface area contributed by atoms with Crippen LogP contribution < -0.4 is 11.1 Å². The number of para-hydroxylation sites is 1. The number of carbonyl (C=O) groups excluding carboxylic acids is 1. The fourth-order valence-corrected chi connectivity index (χ4v) is 1.67. The number of aliphatic hydroxyl groups excluding tert-OH is 1. The Morgan fingerprint density at radius 1 is 1.47 bits per heavy atom. The molecule has 1 atom stereocenters. The second-order valence-corrected chi connectivity index (χ2v) is 3.87. The van der Waals surface area contributed by atoms with E-state index in [1.807, 2.05) is 30.5 Å². The first-order valence-electron chi connectivity index (χ1n) is 5.41. The van der Waals surface area contributed by atoms with E-state index in [4.69, 9.17) is 10.8 Å². The van der Waals surface area contributed by atoms with Gasteiger partial charge in [0.15, 0.2) is 0 Å². The summed E-state index contributed by atoms with van der Waals surface area (Å²) in [4.78, 5) is 14.5. The molecular weight excluding hydrogens is 218 g/mol. The molecule has 0 fully saturated rings. The number of hydrogen-bond donors (Lipinski definition) is 4. The number of aromatic amines is 1. The second kappa shape index (κ2) is 4.99. The molecule has 0 radical (unpaired) electrons. The molecule has 1 unspecified atom stereocenters. The summed E-state index contributed by atoms with van der Waals surface area (Å²) >= 11 is 0. The van der Waals surface area contributed by atoms with Crippen molar-refractivity contribution in [1.29, 1.82) is 0 Å². The van der Waals surface area contributed by atoms with Gasteiger partial charge >= 0.3 is 0 Å². The summed E-state index contributed by atoms with van der Waals surface area (Å²) in [6, 6.07) is 6.99. The summed E-state index contributed by atoms with van der Waals surface area (Å²) in [5.74, 6) is -0.349. The number of aliphatic hydroxyl groups is 1. The van der Waals surface area contributed by atoms with Gasteiger partial charge in [-0.3, -0.25) is 4.79 Å². The smallest absolute Gasteiger partial charge is 0.239 e. The molecule has 2 aromatic rings. The highest BCUT2D eigenvalue weighted by molar-refractivity contribution is 5.85. The Balaban J connectivity index is 2.07. The second-order valence-electron chi connectivity index (χ2n) is 3.87. The number of H-pyrrole nitrogens is 1. The number of carbonyl (C=O) groups is 1. The molecule has 5 N–H and O–H groups in total. The first kappa shape index (κ1) is 11.6. The Kier molecular flexibility index (Phi) is 3.41. The lowest BCUT2D eigenvalue weighted by Crippen LogP contribution is -2.42. The zero-order chi connectivity index (χ0) is 12.3. The molecule has 0 aliphatic carbocycles. The minimum Gasteiger partial charge on any atom is -0.394 e. The maximum Gasteiger partial charge on any atom is 0.239 e. The average molecular weight is 233 g/mol. The predicted octanol–water partition coefficient (Wildman–Crippen LogP) is 0.104. The highest BCUT2D eigenvalue weighted by Crippen LogP contribution is 2.17. The summed E-state index contributed by atoms with van der Waals surface area (Å²) in [6.07, 6.45) is 1.86. The minimum atomic E-state index is -0.861. The van der Waals surface area contributed by atoms with E-state index in [-0.39, 0.29) is 12.5 Å². The summed E-state index contributed by atoms with van der Waals surface area (Å²) in [5, 5.41) is 12.5. The lowest BCUT2D eigenvalue weighted by Gasteiger charge is -2.08. The van der Waals surface area contributed by atoms with Gasteiger partial charge < -0.3 is 21.1 Å². The Labute approximate surface area is 98.6 Å².